The number of methoxy groups -OCH3 is 4. The molecular weight excluding hydrogens is 312 g/mol. The van der Waals surface area contributed by atoms with Gasteiger partial charge in [0.2, 0.25) is 0 Å². The predicted molar refractivity (Wildman–Crippen MR) is 87.5 cm³/mol. The molecule has 8 nitrogen and oxygen atoms in total. The third kappa shape index (κ3) is 1.62. The maximum Gasteiger partial charge on any atom is 0.189 e. The Morgan fingerprint density at radius 2 is 0.750 bits per heavy atom. The van der Waals surface area contributed by atoms with E-state index < -0.39 is 0 Å². The highest BCUT2D eigenvalue weighted by Gasteiger charge is 2.27. The summed E-state index contributed by atoms with van der Waals surface area (Å²) in [5, 5.41) is 1.50. The second-order valence-electron chi connectivity index (χ2n) is 5.02. The van der Waals surface area contributed by atoms with Gasteiger partial charge in [-0.2, -0.15) is 0 Å². The van der Waals surface area contributed by atoms with Crippen LogP contribution in [-0.4, -0.2) is 48.4 Å². The molecule has 122 valence electrons. The molecule has 2 aromatic carbocycles. The highest BCUT2D eigenvalue weighted by Crippen LogP contribution is 2.50. The molecule has 0 aliphatic heterocycles. The SMILES string of the molecule is COc1c(OC)c2ncnc3c(OC)c(OC)c4ncnc1c4c23. The van der Waals surface area contributed by atoms with Crippen LogP contribution < -0.4 is 18.9 Å². The van der Waals surface area contributed by atoms with E-state index in [1.165, 1.54) is 12.7 Å². The van der Waals surface area contributed by atoms with E-state index in [0.717, 1.165) is 10.8 Å². The average Bonchev–Trinajstić information content (AvgIpc) is 2.64. The lowest BCUT2D eigenvalue weighted by atomic mass is 10.0. The first kappa shape index (κ1) is 14.4. The largest absolute Gasteiger partial charge is 0.491 e. The molecule has 0 bridgehead atoms. The molecule has 0 radical (unpaired) electrons. The quantitative estimate of drug-likeness (QED) is 0.527. The van der Waals surface area contributed by atoms with Gasteiger partial charge < -0.3 is 18.9 Å². The fourth-order valence-electron chi connectivity index (χ4n) is 3.12. The van der Waals surface area contributed by atoms with E-state index in [1.807, 2.05) is 0 Å². The maximum atomic E-state index is 5.53. The molecule has 0 aliphatic carbocycles. The lowest BCUT2D eigenvalue weighted by molar-refractivity contribution is 0.359. The molecule has 0 unspecified atom stereocenters. The van der Waals surface area contributed by atoms with Crippen LogP contribution in [0.15, 0.2) is 12.7 Å². The first-order chi connectivity index (χ1) is 11.8. The van der Waals surface area contributed by atoms with Gasteiger partial charge in [0, 0.05) is 10.8 Å². The van der Waals surface area contributed by atoms with Gasteiger partial charge in [0.05, 0.1) is 28.4 Å². The number of rotatable bonds is 4. The molecule has 0 saturated heterocycles. The smallest absolute Gasteiger partial charge is 0.189 e. The molecule has 0 spiro atoms. The van der Waals surface area contributed by atoms with Crippen molar-refractivity contribution in [3.05, 3.63) is 12.7 Å². The Bertz CT molecular complexity index is 905. The van der Waals surface area contributed by atoms with E-state index in [0.29, 0.717) is 45.1 Å². The number of benzene rings is 2. The van der Waals surface area contributed by atoms with Crippen LogP contribution in [0, 0.1) is 0 Å². The Morgan fingerprint density at radius 3 is 0.958 bits per heavy atom. The van der Waals surface area contributed by atoms with E-state index in [4.69, 9.17) is 18.9 Å². The fourth-order valence-corrected chi connectivity index (χ4v) is 3.12. The molecule has 0 amide bonds. The number of ether oxygens (including phenoxy) is 4. The van der Waals surface area contributed by atoms with Crippen molar-refractivity contribution in [3.8, 4) is 23.0 Å². The average molecular weight is 326 g/mol. The van der Waals surface area contributed by atoms with Crippen LogP contribution >= 0.6 is 0 Å². The molecular formula is C16H14N4O4. The summed E-state index contributed by atoms with van der Waals surface area (Å²) in [6.45, 7) is 0. The highest BCUT2D eigenvalue weighted by atomic mass is 16.5. The number of hydrogen-bond acceptors (Lipinski definition) is 8. The normalized spacial score (nSPS) is 11.3. The lowest BCUT2D eigenvalue weighted by Crippen LogP contribution is -2.02. The van der Waals surface area contributed by atoms with Crippen molar-refractivity contribution >= 4 is 32.8 Å². The Kier molecular flexibility index (Phi) is 3.12. The van der Waals surface area contributed by atoms with Crippen LogP contribution in [0.2, 0.25) is 0 Å². The second-order valence-corrected chi connectivity index (χ2v) is 5.02. The van der Waals surface area contributed by atoms with Gasteiger partial charge in [-0.1, -0.05) is 0 Å². The van der Waals surface area contributed by atoms with Crippen molar-refractivity contribution in [2.75, 3.05) is 28.4 Å². The van der Waals surface area contributed by atoms with Crippen molar-refractivity contribution in [1.29, 1.82) is 0 Å². The van der Waals surface area contributed by atoms with Crippen LogP contribution in [0.4, 0.5) is 0 Å². The predicted octanol–water partition coefficient (Wildman–Crippen LogP) is 2.20. The minimum Gasteiger partial charge on any atom is -0.491 e. The van der Waals surface area contributed by atoms with Crippen molar-refractivity contribution < 1.29 is 18.9 Å². The summed E-state index contributed by atoms with van der Waals surface area (Å²) in [6, 6.07) is 0. The molecule has 0 saturated carbocycles. The topological polar surface area (TPSA) is 88.5 Å². The first-order valence-electron chi connectivity index (χ1n) is 7.13. The lowest BCUT2D eigenvalue weighted by Gasteiger charge is -2.18. The fraction of sp³-hybridized carbons (Fsp3) is 0.250. The first-order valence-corrected chi connectivity index (χ1v) is 7.13. The second kappa shape index (κ2) is 5.19. The van der Waals surface area contributed by atoms with E-state index in [1.54, 1.807) is 28.4 Å². The van der Waals surface area contributed by atoms with Crippen molar-refractivity contribution in [3.63, 3.8) is 0 Å². The van der Waals surface area contributed by atoms with Crippen molar-refractivity contribution in [1.82, 2.24) is 19.9 Å². The van der Waals surface area contributed by atoms with Gasteiger partial charge in [0.1, 0.15) is 34.7 Å². The van der Waals surface area contributed by atoms with Gasteiger partial charge in [-0.3, -0.25) is 0 Å². The molecule has 2 aromatic heterocycles. The zero-order chi connectivity index (χ0) is 16.8. The summed E-state index contributed by atoms with van der Waals surface area (Å²) >= 11 is 0. The van der Waals surface area contributed by atoms with Crippen LogP contribution in [0.25, 0.3) is 32.8 Å². The number of nitrogens with zero attached hydrogens (tertiary/aromatic N) is 4. The standard InChI is InChI=1S/C16H14N4O4/c1-21-13-9-7-8-10(14(13)22-2)18-6-20-12(8)16(24-4)15(23-3)11(7)19-5-17-9/h5-6H,1-4H3. The molecule has 4 rings (SSSR count). The Hall–Kier alpha value is -3.16. The van der Waals surface area contributed by atoms with Gasteiger partial charge in [0.15, 0.2) is 23.0 Å². The summed E-state index contributed by atoms with van der Waals surface area (Å²) in [5.41, 5.74) is 2.42. The van der Waals surface area contributed by atoms with Gasteiger partial charge in [0.25, 0.3) is 0 Å². The molecule has 0 aliphatic rings. The van der Waals surface area contributed by atoms with Crippen LogP contribution in [-0.2, 0) is 0 Å². The molecule has 0 fully saturated rings. The van der Waals surface area contributed by atoms with E-state index in [-0.39, 0.29) is 0 Å². The maximum absolute atomic E-state index is 5.53. The Labute approximate surface area is 136 Å². The minimum atomic E-state index is 0.490. The molecule has 24 heavy (non-hydrogen) atoms. The van der Waals surface area contributed by atoms with Crippen LogP contribution in [0.5, 0.6) is 23.0 Å². The molecule has 8 heteroatoms. The van der Waals surface area contributed by atoms with Gasteiger partial charge >= 0.3 is 0 Å². The highest BCUT2D eigenvalue weighted by molar-refractivity contribution is 6.26. The molecule has 4 aromatic rings. The van der Waals surface area contributed by atoms with Gasteiger partial charge in [-0.05, 0) is 0 Å². The zero-order valence-electron chi connectivity index (χ0n) is 13.6. The summed E-state index contributed by atoms with van der Waals surface area (Å²) in [7, 11) is 6.25. The van der Waals surface area contributed by atoms with E-state index in [9.17, 15) is 0 Å². The summed E-state index contributed by atoms with van der Waals surface area (Å²) < 4.78 is 22.1. The van der Waals surface area contributed by atoms with Crippen LogP contribution in [0.1, 0.15) is 0 Å². The summed E-state index contributed by atoms with van der Waals surface area (Å²) in [5.74, 6) is 1.96. The number of aromatic nitrogens is 4. The minimum absolute atomic E-state index is 0.490. The molecule has 2 heterocycles. The van der Waals surface area contributed by atoms with E-state index in [2.05, 4.69) is 19.9 Å². The van der Waals surface area contributed by atoms with Crippen molar-refractivity contribution in [2.45, 2.75) is 0 Å². The third-order valence-electron chi connectivity index (χ3n) is 4.03. The molecule has 0 N–H and O–H groups in total. The zero-order valence-corrected chi connectivity index (χ0v) is 13.6. The van der Waals surface area contributed by atoms with E-state index >= 15 is 0 Å². The third-order valence-corrected chi connectivity index (χ3v) is 4.03. The van der Waals surface area contributed by atoms with Gasteiger partial charge in [-0.25, -0.2) is 19.9 Å². The summed E-state index contributed by atoms with van der Waals surface area (Å²) in [4.78, 5) is 17.5. The molecule has 0 atom stereocenters. The van der Waals surface area contributed by atoms with Crippen molar-refractivity contribution in [2.24, 2.45) is 0 Å². The summed E-state index contributed by atoms with van der Waals surface area (Å²) in [6.07, 6.45) is 2.90. The Balaban J connectivity index is 2.42. The van der Waals surface area contributed by atoms with Crippen LogP contribution in [0.3, 0.4) is 0 Å². The Morgan fingerprint density at radius 1 is 0.500 bits per heavy atom. The monoisotopic (exact) mass is 326 g/mol. The number of hydrogen-bond donors (Lipinski definition) is 0. The van der Waals surface area contributed by atoms with Gasteiger partial charge in [-0.15, -0.1) is 0 Å².